The number of benzene rings is 7. The van der Waals surface area contributed by atoms with Gasteiger partial charge in [-0.15, -0.1) is 11.3 Å². The first-order valence-corrected chi connectivity index (χ1v) is 17.5. The molecule has 7 aromatic carbocycles. The number of rotatable bonds is 5. The van der Waals surface area contributed by atoms with Crippen LogP contribution >= 0.6 is 11.3 Å². The molecule has 0 saturated heterocycles. The van der Waals surface area contributed by atoms with Gasteiger partial charge in [-0.2, -0.15) is 0 Å². The zero-order valence-electron chi connectivity index (χ0n) is 26.9. The van der Waals surface area contributed by atoms with E-state index in [4.69, 9.17) is 15.0 Å². The monoisotopic (exact) mass is 656 g/mol. The Bertz CT molecular complexity index is 2800. The topological polar surface area (TPSA) is 43.6 Å². The van der Waals surface area contributed by atoms with Crippen LogP contribution in [0, 0.1) is 0 Å². The van der Waals surface area contributed by atoms with Gasteiger partial charge in [0.1, 0.15) is 10.8 Å². The van der Waals surface area contributed by atoms with Gasteiger partial charge in [0.2, 0.25) is 0 Å². The van der Waals surface area contributed by atoms with Crippen molar-refractivity contribution in [2.24, 2.45) is 0 Å². The van der Waals surface area contributed by atoms with Gasteiger partial charge in [0.25, 0.3) is 0 Å². The van der Waals surface area contributed by atoms with Crippen LogP contribution < -0.4 is 0 Å². The van der Waals surface area contributed by atoms with Crippen molar-refractivity contribution in [1.29, 1.82) is 0 Å². The number of pyridine rings is 1. The molecule has 0 fully saturated rings. The fourth-order valence-corrected chi connectivity index (χ4v) is 8.00. The van der Waals surface area contributed by atoms with Crippen molar-refractivity contribution >= 4 is 54.3 Å². The Morgan fingerprint density at radius 1 is 0.420 bits per heavy atom. The number of aromatic nitrogens is 4. The number of hydrogen-bond acceptors (Lipinski definition) is 4. The summed E-state index contributed by atoms with van der Waals surface area (Å²) in [5.74, 6) is 0.906. The lowest BCUT2D eigenvalue weighted by molar-refractivity contribution is 1.10. The van der Waals surface area contributed by atoms with Gasteiger partial charge in [0.05, 0.1) is 32.5 Å². The van der Waals surface area contributed by atoms with Crippen molar-refractivity contribution in [2.45, 2.75) is 0 Å². The van der Waals surface area contributed by atoms with E-state index < -0.39 is 0 Å². The third-order valence-electron chi connectivity index (χ3n) is 9.45. The molecule has 0 aliphatic carbocycles. The smallest absolute Gasteiger partial charge is 0.145 e. The van der Waals surface area contributed by atoms with Crippen LogP contribution in [0.2, 0.25) is 0 Å². The molecule has 4 nitrogen and oxygen atoms in total. The zero-order chi connectivity index (χ0) is 33.0. The van der Waals surface area contributed by atoms with Gasteiger partial charge < -0.3 is 0 Å². The van der Waals surface area contributed by atoms with Crippen LogP contribution in [0.1, 0.15) is 0 Å². The standard InChI is InChI=1S/C45H28N4S/c1-3-11-32(12-4-1)44-48-43-39(49(44)34-13-5-2-6-14-34)28-27-36-35-15-7-8-16-37(35)46-42(41(36)43)31-23-19-29(20-24-31)30-21-25-33(26-22-30)45-47-38-17-9-10-18-40(38)50-45/h1-28H. The molecule has 0 aliphatic heterocycles. The Balaban J connectivity index is 1.13. The number of hydrogen-bond donors (Lipinski definition) is 0. The van der Waals surface area contributed by atoms with E-state index >= 15 is 0 Å². The van der Waals surface area contributed by atoms with E-state index in [1.165, 1.54) is 4.70 Å². The third kappa shape index (κ3) is 4.71. The summed E-state index contributed by atoms with van der Waals surface area (Å²) in [5, 5.41) is 4.36. The van der Waals surface area contributed by atoms with Crippen molar-refractivity contribution in [3.05, 3.63) is 170 Å². The molecule has 0 unspecified atom stereocenters. The molecule has 234 valence electrons. The quantitative estimate of drug-likeness (QED) is 0.173. The molecule has 3 heterocycles. The van der Waals surface area contributed by atoms with Crippen molar-refractivity contribution < 1.29 is 0 Å². The molecule has 0 spiro atoms. The highest BCUT2D eigenvalue weighted by Crippen LogP contribution is 2.40. The molecule has 3 aromatic heterocycles. The summed E-state index contributed by atoms with van der Waals surface area (Å²) in [5.41, 5.74) is 11.6. The Morgan fingerprint density at radius 3 is 1.78 bits per heavy atom. The molecule has 10 rings (SSSR count). The largest absolute Gasteiger partial charge is 0.292 e. The van der Waals surface area contributed by atoms with Crippen LogP contribution in [0.15, 0.2) is 170 Å². The normalized spacial score (nSPS) is 11.6. The second-order valence-corrected chi connectivity index (χ2v) is 13.5. The van der Waals surface area contributed by atoms with Gasteiger partial charge in [-0.1, -0.05) is 133 Å². The van der Waals surface area contributed by atoms with Gasteiger partial charge in [-0.3, -0.25) is 4.57 Å². The minimum Gasteiger partial charge on any atom is -0.292 e. The first kappa shape index (κ1) is 28.6. The minimum atomic E-state index is 0.906. The highest BCUT2D eigenvalue weighted by molar-refractivity contribution is 7.21. The van der Waals surface area contributed by atoms with Crippen LogP contribution in [0.5, 0.6) is 0 Å². The molecule has 50 heavy (non-hydrogen) atoms. The summed E-state index contributed by atoms with van der Waals surface area (Å²) < 4.78 is 3.47. The lowest BCUT2D eigenvalue weighted by atomic mass is 9.97. The number of fused-ring (bicyclic) bond motifs is 6. The molecule has 0 amide bonds. The summed E-state index contributed by atoms with van der Waals surface area (Å²) in [6.07, 6.45) is 0. The Kier molecular flexibility index (Phi) is 6.64. The number of imidazole rings is 1. The maximum atomic E-state index is 5.41. The lowest BCUT2D eigenvalue weighted by Gasteiger charge is -2.13. The van der Waals surface area contributed by atoms with Gasteiger partial charge in [-0.05, 0) is 52.9 Å². The number of para-hydroxylation sites is 3. The average molecular weight is 657 g/mol. The predicted molar refractivity (Wildman–Crippen MR) is 209 cm³/mol. The zero-order valence-corrected chi connectivity index (χ0v) is 27.7. The van der Waals surface area contributed by atoms with Gasteiger partial charge >= 0.3 is 0 Å². The van der Waals surface area contributed by atoms with E-state index in [9.17, 15) is 0 Å². The van der Waals surface area contributed by atoms with E-state index in [1.54, 1.807) is 11.3 Å². The molecule has 0 N–H and O–H groups in total. The summed E-state index contributed by atoms with van der Waals surface area (Å²) in [6, 6.07) is 59.6. The fourth-order valence-electron chi connectivity index (χ4n) is 7.03. The highest BCUT2D eigenvalue weighted by atomic mass is 32.1. The van der Waals surface area contributed by atoms with Crippen LogP contribution in [-0.4, -0.2) is 19.5 Å². The second kappa shape index (κ2) is 11.6. The van der Waals surface area contributed by atoms with Crippen LogP contribution in [-0.2, 0) is 0 Å². The van der Waals surface area contributed by atoms with Crippen LogP contribution in [0.4, 0.5) is 0 Å². The molecule has 5 heteroatoms. The van der Waals surface area contributed by atoms with Gasteiger partial charge in [-0.25, -0.2) is 15.0 Å². The lowest BCUT2D eigenvalue weighted by Crippen LogP contribution is -1.97. The van der Waals surface area contributed by atoms with Crippen molar-refractivity contribution in [2.75, 3.05) is 0 Å². The fraction of sp³-hybridized carbons (Fsp3) is 0. The molecule has 0 bridgehead atoms. The Hall–Kier alpha value is -6.43. The summed E-state index contributed by atoms with van der Waals surface area (Å²) in [7, 11) is 0. The predicted octanol–water partition coefficient (Wildman–Crippen LogP) is 12.0. The molecular weight excluding hydrogens is 629 g/mol. The maximum absolute atomic E-state index is 5.41. The molecule has 10 aromatic rings. The van der Waals surface area contributed by atoms with E-state index in [-0.39, 0.29) is 0 Å². The van der Waals surface area contributed by atoms with Crippen LogP contribution in [0.3, 0.4) is 0 Å². The highest BCUT2D eigenvalue weighted by Gasteiger charge is 2.20. The van der Waals surface area contributed by atoms with E-state index in [0.717, 1.165) is 88.3 Å². The first-order chi connectivity index (χ1) is 24.8. The first-order valence-electron chi connectivity index (χ1n) is 16.7. The minimum absolute atomic E-state index is 0.906. The van der Waals surface area contributed by atoms with E-state index in [1.807, 2.05) is 12.1 Å². The molecular formula is C45H28N4S. The Morgan fingerprint density at radius 2 is 1.04 bits per heavy atom. The van der Waals surface area contributed by atoms with Crippen LogP contribution in [0.25, 0.3) is 93.0 Å². The summed E-state index contributed by atoms with van der Waals surface area (Å²) >= 11 is 1.73. The van der Waals surface area contributed by atoms with Crippen molar-refractivity contribution in [3.8, 4) is 50.0 Å². The van der Waals surface area contributed by atoms with E-state index in [0.29, 0.717) is 0 Å². The van der Waals surface area contributed by atoms with Crippen molar-refractivity contribution in [3.63, 3.8) is 0 Å². The average Bonchev–Trinajstić information content (AvgIpc) is 3.81. The molecule has 0 radical (unpaired) electrons. The molecule has 0 aliphatic rings. The van der Waals surface area contributed by atoms with E-state index in [2.05, 4.69) is 162 Å². The van der Waals surface area contributed by atoms with Crippen molar-refractivity contribution in [1.82, 2.24) is 19.5 Å². The summed E-state index contributed by atoms with van der Waals surface area (Å²) in [4.78, 5) is 15.6. The summed E-state index contributed by atoms with van der Waals surface area (Å²) in [6.45, 7) is 0. The third-order valence-corrected chi connectivity index (χ3v) is 10.5. The van der Waals surface area contributed by atoms with Gasteiger partial charge in [0.15, 0.2) is 0 Å². The number of thiazole rings is 1. The van der Waals surface area contributed by atoms with Gasteiger partial charge in [0, 0.05) is 33.2 Å². The molecule has 0 saturated carbocycles. The number of nitrogens with zero attached hydrogens (tertiary/aromatic N) is 4. The maximum Gasteiger partial charge on any atom is 0.145 e. The molecule has 0 atom stereocenters. The second-order valence-electron chi connectivity index (χ2n) is 12.4. The SMILES string of the molecule is c1ccc(-c2nc3c4c(-c5ccc(-c6ccc(-c7nc8ccccc8s7)cc6)cc5)nc5ccccc5c4ccc3n2-c2ccccc2)cc1. The Labute approximate surface area is 292 Å².